The summed E-state index contributed by atoms with van der Waals surface area (Å²) < 4.78 is 27.2. The standard InChI is InChI=1S/C16H22ClN3O3S2/c1-3-7-18(8-4-2)13-15(21)19-9-11-20(12-10-19)25(22,23)16-6-5-14(17)24-16/h3-6H,1-2,7-13H2. The van der Waals surface area contributed by atoms with E-state index in [9.17, 15) is 13.2 Å². The number of carbonyl (C=O) groups is 1. The van der Waals surface area contributed by atoms with E-state index in [1.807, 2.05) is 4.90 Å². The molecular weight excluding hydrogens is 382 g/mol. The van der Waals surface area contributed by atoms with Crippen LogP contribution in [0.1, 0.15) is 0 Å². The second kappa shape index (κ2) is 8.95. The van der Waals surface area contributed by atoms with Gasteiger partial charge in [0.05, 0.1) is 10.9 Å². The first-order valence-corrected chi connectivity index (χ1v) is 10.5. The highest BCUT2D eigenvalue weighted by atomic mass is 35.5. The molecule has 0 aliphatic carbocycles. The predicted molar refractivity (Wildman–Crippen MR) is 102 cm³/mol. The first-order chi connectivity index (χ1) is 11.9. The van der Waals surface area contributed by atoms with E-state index in [2.05, 4.69) is 13.2 Å². The Hall–Kier alpha value is -1.19. The van der Waals surface area contributed by atoms with Crippen molar-refractivity contribution in [2.45, 2.75) is 4.21 Å². The number of amides is 1. The Balaban J connectivity index is 1.93. The molecule has 138 valence electrons. The molecule has 6 nitrogen and oxygen atoms in total. The minimum absolute atomic E-state index is 0.0140. The highest BCUT2D eigenvalue weighted by Crippen LogP contribution is 2.28. The number of piperazine rings is 1. The molecule has 0 bridgehead atoms. The van der Waals surface area contributed by atoms with Gasteiger partial charge in [-0.25, -0.2) is 8.42 Å². The zero-order valence-corrected chi connectivity index (χ0v) is 16.3. The fourth-order valence-corrected chi connectivity index (χ4v) is 5.66. The van der Waals surface area contributed by atoms with Gasteiger partial charge in [0.25, 0.3) is 10.0 Å². The van der Waals surface area contributed by atoms with E-state index in [1.54, 1.807) is 23.1 Å². The van der Waals surface area contributed by atoms with Crippen LogP contribution >= 0.6 is 22.9 Å². The van der Waals surface area contributed by atoms with Gasteiger partial charge >= 0.3 is 0 Å². The van der Waals surface area contributed by atoms with Crippen molar-refractivity contribution in [1.82, 2.24) is 14.1 Å². The molecule has 0 radical (unpaired) electrons. The Kier molecular flexibility index (Phi) is 7.21. The van der Waals surface area contributed by atoms with Crippen LogP contribution in [0.25, 0.3) is 0 Å². The zero-order chi connectivity index (χ0) is 18.4. The van der Waals surface area contributed by atoms with Crippen LogP contribution in [0.15, 0.2) is 41.7 Å². The van der Waals surface area contributed by atoms with Gasteiger partial charge in [0.2, 0.25) is 5.91 Å². The molecule has 1 aliphatic rings. The van der Waals surface area contributed by atoms with Gasteiger partial charge in [-0.15, -0.1) is 24.5 Å². The molecule has 1 amide bonds. The van der Waals surface area contributed by atoms with Crippen LogP contribution in [-0.4, -0.2) is 74.2 Å². The van der Waals surface area contributed by atoms with Crippen molar-refractivity contribution >= 4 is 38.9 Å². The third-order valence-electron chi connectivity index (χ3n) is 3.87. The molecule has 0 atom stereocenters. The number of nitrogens with zero attached hydrogens (tertiary/aromatic N) is 3. The Labute approximate surface area is 158 Å². The Morgan fingerprint density at radius 1 is 1.20 bits per heavy atom. The molecule has 2 heterocycles. The molecule has 1 aromatic heterocycles. The molecular formula is C16H22ClN3O3S2. The fraction of sp³-hybridized carbons (Fsp3) is 0.438. The van der Waals surface area contributed by atoms with E-state index in [0.29, 0.717) is 30.5 Å². The summed E-state index contributed by atoms with van der Waals surface area (Å²) in [5.74, 6) is -0.0140. The van der Waals surface area contributed by atoms with Crippen molar-refractivity contribution in [2.24, 2.45) is 0 Å². The maximum absolute atomic E-state index is 12.6. The highest BCUT2D eigenvalue weighted by Gasteiger charge is 2.31. The van der Waals surface area contributed by atoms with Crippen molar-refractivity contribution in [3.8, 4) is 0 Å². The summed E-state index contributed by atoms with van der Waals surface area (Å²) in [6.45, 7) is 10.2. The van der Waals surface area contributed by atoms with E-state index in [-0.39, 0.29) is 29.8 Å². The fourth-order valence-electron chi connectivity index (χ4n) is 2.60. The first kappa shape index (κ1) is 20.1. The smallest absolute Gasteiger partial charge is 0.252 e. The van der Waals surface area contributed by atoms with Gasteiger partial charge in [0.1, 0.15) is 4.21 Å². The quantitative estimate of drug-likeness (QED) is 0.622. The summed E-state index contributed by atoms with van der Waals surface area (Å²) in [5, 5.41) is 0. The van der Waals surface area contributed by atoms with Crippen LogP contribution < -0.4 is 0 Å². The maximum Gasteiger partial charge on any atom is 0.252 e. The minimum atomic E-state index is -3.54. The van der Waals surface area contributed by atoms with Gasteiger partial charge in [-0.1, -0.05) is 23.8 Å². The summed E-state index contributed by atoms with van der Waals surface area (Å²) in [7, 11) is -3.54. The van der Waals surface area contributed by atoms with Gasteiger partial charge in [0.15, 0.2) is 0 Å². The molecule has 2 rings (SSSR count). The molecule has 0 aromatic carbocycles. The third kappa shape index (κ3) is 5.15. The summed E-state index contributed by atoms with van der Waals surface area (Å²) in [5.41, 5.74) is 0. The highest BCUT2D eigenvalue weighted by molar-refractivity contribution is 7.91. The predicted octanol–water partition coefficient (Wildman–Crippen LogP) is 1.91. The van der Waals surface area contributed by atoms with Gasteiger partial charge in [-0.3, -0.25) is 9.69 Å². The van der Waals surface area contributed by atoms with E-state index >= 15 is 0 Å². The number of sulfonamides is 1. The van der Waals surface area contributed by atoms with Crippen molar-refractivity contribution < 1.29 is 13.2 Å². The number of rotatable bonds is 8. The molecule has 1 fully saturated rings. The van der Waals surface area contributed by atoms with Crippen LogP contribution in [0.3, 0.4) is 0 Å². The Bertz CT molecular complexity index is 715. The van der Waals surface area contributed by atoms with E-state index < -0.39 is 10.0 Å². The van der Waals surface area contributed by atoms with Crippen LogP contribution in [0.2, 0.25) is 4.34 Å². The lowest BCUT2D eigenvalue weighted by molar-refractivity contribution is -0.133. The van der Waals surface area contributed by atoms with Crippen molar-refractivity contribution in [3.05, 3.63) is 41.8 Å². The average molecular weight is 404 g/mol. The molecule has 0 unspecified atom stereocenters. The number of halogens is 1. The second-order valence-corrected chi connectivity index (χ2v) is 9.49. The van der Waals surface area contributed by atoms with E-state index in [0.717, 1.165) is 11.3 Å². The lowest BCUT2D eigenvalue weighted by Gasteiger charge is -2.34. The Morgan fingerprint density at radius 3 is 2.28 bits per heavy atom. The number of thiophene rings is 1. The topological polar surface area (TPSA) is 60.9 Å². The molecule has 9 heteroatoms. The lowest BCUT2D eigenvalue weighted by atomic mass is 10.3. The molecule has 0 saturated carbocycles. The zero-order valence-electron chi connectivity index (χ0n) is 13.9. The number of hydrogen-bond acceptors (Lipinski definition) is 5. The third-order valence-corrected chi connectivity index (χ3v) is 7.46. The molecule has 1 aromatic rings. The van der Waals surface area contributed by atoms with Crippen molar-refractivity contribution in [1.29, 1.82) is 0 Å². The molecule has 0 N–H and O–H groups in total. The molecule has 25 heavy (non-hydrogen) atoms. The molecule has 1 saturated heterocycles. The molecule has 1 aliphatic heterocycles. The summed E-state index contributed by atoms with van der Waals surface area (Å²) >= 11 is 6.88. The van der Waals surface area contributed by atoms with E-state index in [1.165, 1.54) is 10.4 Å². The monoisotopic (exact) mass is 403 g/mol. The normalized spacial score (nSPS) is 16.2. The van der Waals surface area contributed by atoms with Crippen LogP contribution in [0.5, 0.6) is 0 Å². The van der Waals surface area contributed by atoms with Crippen molar-refractivity contribution in [3.63, 3.8) is 0 Å². The van der Waals surface area contributed by atoms with Crippen LogP contribution in [-0.2, 0) is 14.8 Å². The summed E-state index contributed by atoms with van der Waals surface area (Å²) in [4.78, 5) is 16.1. The lowest BCUT2D eigenvalue weighted by Crippen LogP contribution is -2.52. The second-order valence-electron chi connectivity index (χ2n) is 5.61. The number of carbonyl (C=O) groups excluding carboxylic acids is 1. The van der Waals surface area contributed by atoms with Gasteiger partial charge < -0.3 is 4.90 Å². The van der Waals surface area contributed by atoms with E-state index in [4.69, 9.17) is 11.6 Å². The Morgan fingerprint density at radius 2 is 1.80 bits per heavy atom. The van der Waals surface area contributed by atoms with Gasteiger partial charge in [-0.05, 0) is 12.1 Å². The minimum Gasteiger partial charge on any atom is -0.339 e. The first-order valence-electron chi connectivity index (χ1n) is 7.86. The summed E-state index contributed by atoms with van der Waals surface area (Å²) in [6.07, 6.45) is 3.49. The summed E-state index contributed by atoms with van der Waals surface area (Å²) in [6, 6.07) is 3.09. The van der Waals surface area contributed by atoms with Gasteiger partial charge in [0, 0.05) is 39.3 Å². The van der Waals surface area contributed by atoms with Crippen molar-refractivity contribution in [2.75, 3.05) is 45.8 Å². The average Bonchev–Trinajstić information content (AvgIpc) is 3.03. The van der Waals surface area contributed by atoms with Crippen LogP contribution in [0.4, 0.5) is 0 Å². The maximum atomic E-state index is 12.6. The SMILES string of the molecule is C=CCN(CC=C)CC(=O)N1CCN(S(=O)(=O)c2ccc(Cl)s2)CC1. The van der Waals surface area contributed by atoms with Crippen LogP contribution in [0, 0.1) is 0 Å². The number of hydrogen-bond donors (Lipinski definition) is 0. The molecule has 0 spiro atoms. The van der Waals surface area contributed by atoms with Gasteiger partial charge in [-0.2, -0.15) is 4.31 Å². The largest absolute Gasteiger partial charge is 0.339 e.